The normalized spacial score (nSPS) is 12.9. The molecule has 2 aromatic heterocycles. The maximum atomic E-state index is 12.6. The summed E-state index contributed by atoms with van der Waals surface area (Å²) in [5.74, 6) is 1.17. The molecule has 0 radical (unpaired) electrons. The Kier molecular flexibility index (Phi) is 4.10. The van der Waals surface area contributed by atoms with E-state index in [1.165, 1.54) is 11.3 Å². The molecule has 2 aromatic carbocycles. The molecule has 0 bridgehead atoms. The lowest BCUT2D eigenvalue weighted by Crippen LogP contribution is -2.15. The van der Waals surface area contributed by atoms with Crippen LogP contribution in [0.25, 0.3) is 15.9 Å². The van der Waals surface area contributed by atoms with Gasteiger partial charge in [0.2, 0.25) is 0 Å². The van der Waals surface area contributed by atoms with Crippen molar-refractivity contribution in [2.75, 3.05) is 18.5 Å². The lowest BCUT2D eigenvalue weighted by atomic mass is 10.2. The highest BCUT2D eigenvalue weighted by molar-refractivity contribution is 7.71. The highest BCUT2D eigenvalue weighted by atomic mass is 32.1. The summed E-state index contributed by atoms with van der Waals surface area (Å²) in [6, 6.07) is 10.9. The van der Waals surface area contributed by atoms with E-state index in [1.54, 1.807) is 18.3 Å². The zero-order valence-corrected chi connectivity index (χ0v) is 16.1. The third-order valence-electron chi connectivity index (χ3n) is 4.33. The predicted octanol–water partition coefficient (Wildman–Crippen LogP) is 4.17. The van der Waals surface area contributed by atoms with Gasteiger partial charge in [0.1, 0.15) is 13.2 Å². The third-order valence-corrected chi connectivity index (χ3v) is 5.58. The van der Waals surface area contributed by atoms with Crippen molar-refractivity contribution in [2.45, 2.75) is 0 Å². The number of rotatable bonds is 3. The second-order valence-electron chi connectivity index (χ2n) is 6.12. The minimum absolute atomic E-state index is 0.222. The van der Waals surface area contributed by atoms with Crippen LogP contribution in [0.3, 0.4) is 0 Å². The fourth-order valence-electron chi connectivity index (χ4n) is 2.98. The summed E-state index contributed by atoms with van der Waals surface area (Å²) >= 11 is 6.61. The smallest absolute Gasteiger partial charge is 0.257 e. The molecule has 5 rings (SSSR count). The summed E-state index contributed by atoms with van der Waals surface area (Å²) in [4.78, 5) is 20.0. The Morgan fingerprint density at radius 2 is 1.93 bits per heavy atom. The molecule has 0 unspecified atom stereocenters. The highest BCUT2D eigenvalue weighted by Gasteiger charge is 2.16. The molecular weight excluding hydrogens is 396 g/mol. The van der Waals surface area contributed by atoms with Crippen molar-refractivity contribution in [2.24, 2.45) is 0 Å². The van der Waals surface area contributed by atoms with Gasteiger partial charge in [0.15, 0.2) is 21.4 Å². The van der Waals surface area contributed by atoms with E-state index in [2.05, 4.69) is 15.3 Å². The van der Waals surface area contributed by atoms with E-state index in [-0.39, 0.29) is 5.91 Å². The summed E-state index contributed by atoms with van der Waals surface area (Å²) in [5, 5.41) is 3.38. The van der Waals surface area contributed by atoms with Crippen molar-refractivity contribution in [3.63, 3.8) is 0 Å². The summed E-state index contributed by atoms with van der Waals surface area (Å²) in [6.07, 6.45) is 3.61. The first-order chi connectivity index (χ1) is 13.7. The van der Waals surface area contributed by atoms with E-state index in [0.717, 1.165) is 15.9 Å². The van der Waals surface area contributed by atoms with Gasteiger partial charge in [0, 0.05) is 35.8 Å². The molecular formula is C19H14N4O3S2. The van der Waals surface area contributed by atoms with E-state index in [9.17, 15) is 4.79 Å². The number of amides is 1. The Morgan fingerprint density at radius 3 is 2.64 bits per heavy atom. The SMILES string of the molecule is O=C(Nc1nc2cc3c(cc2s1)OCCO3)c1ccc(-n2cc[nH]c2=S)cc1. The number of benzene rings is 2. The van der Waals surface area contributed by atoms with E-state index in [1.807, 2.05) is 35.0 Å². The van der Waals surface area contributed by atoms with Gasteiger partial charge < -0.3 is 14.5 Å². The number of nitrogens with one attached hydrogen (secondary N) is 2. The van der Waals surface area contributed by atoms with Crippen LogP contribution in [0.4, 0.5) is 5.13 Å². The molecule has 0 saturated carbocycles. The number of aromatic amines is 1. The van der Waals surface area contributed by atoms with Crippen molar-refractivity contribution in [3.05, 3.63) is 59.1 Å². The van der Waals surface area contributed by atoms with Crippen LogP contribution < -0.4 is 14.8 Å². The minimum atomic E-state index is -0.222. The van der Waals surface area contributed by atoms with E-state index in [0.29, 0.717) is 40.2 Å². The largest absolute Gasteiger partial charge is 0.486 e. The Morgan fingerprint density at radius 1 is 1.18 bits per heavy atom. The zero-order chi connectivity index (χ0) is 19.1. The number of ether oxygens (including phenoxy) is 2. The molecule has 1 amide bonds. The van der Waals surface area contributed by atoms with Gasteiger partial charge >= 0.3 is 0 Å². The Labute approximate surface area is 168 Å². The van der Waals surface area contributed by atoms with Gasteiger partial charge in [-0.05, 0) is 36.5 Å². The van der Waals surface area contributed by atoms with Crippen LogP contribution in [0, 0.1) is 4.77 Å². The van der Waals surface area contributed by atoms with Crippen LogP contribution >= 0.6 is 23.6 Å². The van der Waals surface area contributed by atoms with Crippen molar-refractivity contribution in [1.82, 2.24) is 14.5 Å². The molecule has 0 atom stereocenters. The van der Waals surface area contributed by atoms with Gasteiger partial charge in [-0.3, -0.25) is 14.7 Å². The average Bonchev–Trinajstić information content (AvgIpc) is 3.31. The molecule has 0 fully saturated rings. The lowest BCUT2D eigenvalue weighted by Gasteiger charge is -2.17. The number of anilines is 1. The highest BCUT2D eigenvalue weighted by Crippen LogP contribution is 2.37. The summed E-state index contributed by atoms with van der Waals surface area (Å²) in [6.45, 7) is 1.06. The summed E-state index contributed by atoms with van der Waals surface area (Å²) in [7, 11) is 0. The topological polar surface area (TPSA) is 81.2 Å². The van der Waals surface area contributed by atoms with Crippen LogP contribution in [0.15, 0.2) is 48.8 Å². The number of hydrogen-bond donors (Lipinski definition) is 2. The van der Waals surface area contributed by atoms with Crippen LogP contribution in [-0.4, -0.2) is 33.7 Å². The fraction of sp³-hybridized carbons (Fsp3) is 0.105. The number of hydrogen-bond acceptors (Lipinski definition) is 6. The molecule has 9 heteroatoms. The number of carbonyl (C=O) groups excluding carboxylic acids is 1. The van der Waals surface area contributed by atoms with E-state index >= 15 is 0 Å². The van der Waals surface area contributed by atoms with Gasteiger partial charge in [-0.15, -0.1) is 0 Å². The van der Waals surface area contributed by atoms with Crippen LogP contribution in [-0.2, 0) is 0 Å². The second kappa shape index (κ2) is 6.77. The minimum Gasteiger partial charge on any atom is -0.486 e. The maximum absolute atomic E-state index is 12.6. The Bertz CT molecular complexity index is 1200. The van der Waals surface area contributed by atoms with Crippen LogP contribution in [0.2, 0.25) is 0 Å². The number of H-pyrrole nitrogens is 1. The molecule has 4 aromatic rings. The average molecular weight is 410 g/mol. The van der Waals surface area contributed by atoms with Crippen molar-refractivity contribution >= 4 is 44.8 Å². The monoisotopic (exact) mass is 410 g/mol. The third kappa shape index (κ3) is 3.04. The second-order valence-corrected chi connectivity index (χ2v) is 7.54. The Hall–Kier alpha value is -3.17. The predicted molar refractivity (Wildman–Crippen MR) is 110 cm³/mol. The van der Waals surface area contributed by atoms with E-state index in [4.69, 9.17) is 21.7 Å². The molecule has 3 heterocycles. The lowest BCUT2D eigenvalue weighted by molar-refractivity contribution is 0.102. The molecule has 0 spiro atoms. The maximum Gasteiger partial charge on any atom is 0.257 e. The number of thiazole rings is 1. The summed E-state index contributed by atoms with van der Waals surface area (Å²) < 4.78 is 14.5. The quantitative estimate of drug-likeness (QED) is 0.496. The molecule has 2 N–H and O–H groups in total. The Balaban J connectivity index is 1.37. The fourth-order valence-corrected chi connectivity index (χ4v) is 4.09. The van der Waals surface area contributed by atoms with Crippen LogP contribution in [0.5, 0.6) is 11.5 Å². The first-order valence-corrected chi connectivity index (χ1v) is 9.78. The molecule has 0 saturated heterocycles. The van der Waals surface area contributed by atoms with Crippen molar-refractivity contribution < 1.29 is 14.3 Å². The number of carbonyl (C=O) groups is 1. The zero-order valence-electron chi connectivity index (χ0n) is 14.5. The molecule has 7 nitrogen and oxygen atoms in total. The number of imidazole rings is 1. The molecule has 140 valence electrons. The number of nitrogens with zero attached hydrogens (tertiary/aromatic N) is 2. The standard InChI is InChI=1S/C19H14N4O3S2/c24-17(11-1-3-12(4-2-11)23-6-5-20-19(23)27)22-18-21-13-9-14-15(10-16(13)28-18)26-8-7-25-14/h1-6,9-10H,7-8H2,(H,20,27)(H,21,22,24). The summed E-state index contributed by atoms with van der Waals surface area (Å²) in [5.41, 5.74) is 2.19. The molecule has 1 aliphatic rings. The van der Waals surface area contributed by atoms with Crippen LogP contribution in [0.1, 0.15) is 10.4 Å². The molecule has 28 heavy (non-hydrogen) atoms. The van der Waals surface area contributed by atoms with Gasteiger partial charge in [-0.2, -0.15) is 0 Å². The first-order valence-electron chi connectivity index (χ1n) is 8.55. The number of fused-ring (bicyclic) bond motifs is 2. The van der Waals surface area contributed by atoms with Gasteiger partial charge in [-0.1, -0.05) is 11.3 Å². The first kappa shape index (κ1) is 17.0. The van der Waals surface area contributed by atoms with E-state index < -0.39 is 0 Å². The van der Waals surface area contributed by atoms with Crippen molar-refractivity contribution in [1.29, 1.82) is 0 Å². The molecule has 1 aliphatic heterocycles. The van der Waals surface area contributed by atoms with Gasteiger partial charge in [0.25, 0.3) is 5.91 Å². The van der Waals surface area contributed by atoms with Gasteiger partial charge in [0.05, 0.1) is 10.2 Å². The van der Waals surface area contributed by atoms with Gasteiger partial charge in [-0.25, -0.2) is 4.98 Å². The van der Waals surface area contributed by atoms with Crippen molar-refractivity contribution in [3.8, 4) is 17.2 Å². The number of aromatic nitrogens is 3. The molecule has 0 aliphatic carbocycles.